The second kappa shape index (κ2) is 30.8. The van der Waals surface area contributed by atoms with Crippen molar-refractivity contribution in [2.24, 2.45) is 0 Å². The van der Waals surface area contributed by atoms with Gasteiger partial charge < -0.3 is 61.1 Å². The van der Waals surface area contributed by atoms with Gasteiger partial charge in [-0.2, -0.15) is 0 Å². The number of aryl methyl sites for hydroxylation is 4. The lowest BCUT2D eigenvalue weighted by molar-refractivity contribution is -0.128. The summed E-state index contributed by atoms with van der Waals surface area (Å²) in [6.45, 7) is 20.3. The first-order chi connectivity index (χ1) is 44.6. The molecule has 94 heavy (non-hydrogen) atoms. The Balaban J connectivity index is 0.819. The van der Waals surface area contributed by atoms with Crippen LogP contribution in [0.4, 0.5) is 20.2 Å². The fourth-order valence-corrected chi connectivity index (χ4v) is 12.6. The largest absolute Gasteiger partial charge is 0.492 e. The number of aromatic amines is 2. The maximum atomic E-state index is 14.9. The van der Waals surface area contributed by atoms with Gasteiger partial charge in [-0.1, -0.05) is 65.8 Å². The molecule has 4 aromatic carbocycles. The number of benzene rings is 4. The molecule has 0 fully saturated rings. The van der Waals surface area contributed by atoms with Crippen LogP contribution in [0.3, 0.4) is 0 Å². The normalized spacial score (nSPS) is 14.9. The van der Waals surface area contributed by atoms with Crippen molar-refractivity contribution in [3.63, 3.8) is 0 Å². The number of nitrogens with zero attached hydrogens (tertiary/aromatic N) is 2. The third kappa shape index (κ3) is 17.2. The molecule has 0 saturated carbocycles. The van der Waals surface area contributed by atoms with Crippen molar-refractivity contribution in [1.29, 1.82) is 0 Å². The highest BCUT2D eigenvalue weighted by molar-refractivity contribution is 6.03. The summed E-state index contributed by atoms with van der Waals surface area (Å²) in [5.41, 5.74) is 7.71. The zero-order valence-corrected chi connectivity index (χ0v) is 56.0. The average molecular weight is 1290 g/mol. The van der Waals surface area contributed by atoms with Gasteiger partial charge in [0.2, 0.25) is 35.4 Å². The van der Waals surface area contributed by atoms with Gasteiger partial charge in [-0.3, -0.25) is 38.4 Å². The van der Waals surface area contributed by atoms with E-state index in [2.05, 4.69) is 41.9 Å². The Morgan fingerprint density at radius 3 is 1.19 bits per heavy atom. The molecule has 0 bridgehead atoms. The minimum atomic E-state index is -0.991. The number of anilines is 2. The summed E-state index contributed by atoms with van der Waals surface area (Å²) in [5, 5.41) is 17.7. The quantitative estimate of drug-likeness (QED) is 0.0223. The Morgan fingerprint density at radius 1 is 0.532 bits per heavy atom. The summed E-state index contributed by atoms with van der Waals surface area (Å²) in [6, 6.07) is 19.6. The van der Waals surface area contributed by atoms with Crippen LogP contribution in [0.1, 0.15) is 134 Å². The molecular weight excluding hydrogens is 1200 g/mol. The molecule has 2 aliphatic heterocycles. The Morgan fingerprint density at radius 2 is 0.872 bits per heavy atom. The molecular formula is C72H90F2N10O10. The van der Waals surface area contributed by atoms with E-state index in [4.69, 9.17) is 9.47 Å². The molecule has 8 rings (SSSR count). The van der Waals surface area contributed by atoms with Crippen molar-refractivity contribution in [2.75, 3.05) is 63.3 Å². The molecule has 0 spiro atoms. The van der Waals surface area contributed by atoms with E-state index in [1.165, 1.54) is 24.3 Å². The standard InChI is InChI=1S/C72H90F2N10O10/c1-13-55(75-11)67(89)79-57(69(91)83-39-71(7,8)63-59(83)35-47(65(87)81-63)33-45-15-19-49(73)20-16-45)37-53-41(3)29-51(30-42(53)4)93-27-25-77-61(85)23-24-62(86)78-26-28-94-52-31-43(5)54(44(6)32-52)38-58(80-68(90)56(14-2)76-12)70(92)84-40-72(9,10)64-60(84)36-48(66(88)82-64)34-46-17-21-50(74)22-18-46/h15-22,29-32,35-36,55-58,75-76H,13-14,23-28,33-34,37-40H2,1-12H3,(H,77,85)(H,78,86)(H,79,89)(H,80,90)(H,81,87)(H,82,88)/t55-,56-,57-,58-/m0/s1. The van der Waals surface area contributed by atoms with Gasteiger partial charge in [0.25, 0.3) is 11.1 Å². The predicted octanol–water partition coefficient (Wildman–Crippen LogP) is 6.93. The van der Waals surface area contributed by atoms with Crippen LogP contribution in [-0.4, -0.2) is 123 Å². The fourth-order valence-electron chi connectivity index (χ4n) is 12.6. The number of carbonyl (C=O) groups excluding carboxylic acids is 6. The number of hydrogen-bond acceptors (Lipinski definition) is 12. The lowest BCUT2D eigenvalue weighted by atomic mass is 9.91. The number of rotatable bonds is 29. The molecule has 0 unspecified atom stereocenters. The molecule has 8 N–H and O–H groups in total. The number of ether oxygens (including phenoxy) is 2. The van der Waals surface area contributed by atoms with E-state index in [-0.39, 0.29) is 136 Å². The number of nitrogens with one attached hydrogen (secondary N) is 8. The van der Waals surface area contributed by atoms with Gasteiger partial charge in [0, 0.05) is 85.0 Å². The lowest BCUT2D eigenvalue weighted by Gasteiger charge is -2.28. The zero-order valence-electron chi connectivity index (χ0n) is 56.0. The smallest absolute Gasteiger partial charge is 0.251 e. The monoisotopic (exact) mass is 1290 g/mol. The second-order valence-electron chi connectivity index (χ2n) is 26.0. The molecule has 0 aliphatic carbocycles. The van der Waals surface area contributed by atoms with Crippen molar-refractivity contribution in [2.45, 2.75) is 156 Å². The van der Waals surface area contributed by atoms with Crippen LogP contribution in [0.25, 0.3) is 0 Å². The number of likely N-dealkylation sites (N-methyl/N-ethyl adjacent to an activating group) is 2. The molecule has 20 nitrogen and oxygen atoms in total. The summed E-state index contributed by atoms with van der Waals surface area (Å²) in [7, 11) is 3.38. The molecule has 6 amide bonds. The van der Waals surface area contributed by atoms with Gasteiger partial charge in [-0.05, 0) is 160 Å². The molecule has 2 aromatic heterocycles. The number of amides is 6. The van der Waals surface area contributed by atoms with Gasteiger partial charge >= 0.3 is 0 Å². The van der Waals surface area contributed by atoms with Crippen molar-refractivity contribution < 1.29 is 47.0 Å². The number of carbonyl (C=O) groups is 6. The van der Waals surface area contributed by atoms with E-state index in [0.29, 0.717) is 58.2 Å². The second-order valence-corrected chi connectivity index (χ2v) is 26.0. The third-order valence-corrected chi connectivity index (χ3v) is 17.9. The summed E-state index contributed by atoms with van der Waals surface area (Å²) >= 11 is 0. The van der Waals surface area contributed by atoms with Crippen molar-refractivity contribution in [3.8, 4) is 11.5 Å². The predicted molar refractivity (Wildman–Crippen MR) is 359 cm³/mol. The minimum absolute atomic E-state index is 0.0586. The lowest BCUT2D eigenvalue weighted by Crippen LogP contribution is -2.54. The molecule has 4 atom stereocenters. The van der Waals surface area contributed by atoms with Crippen molar-refractivity contribution >= 4 is 46.8 Å². The fraction of sp³-hybridized carbons (Fsp3) is 0.444. The van der Waals surface area contributed by atoms with E-state index in [1.54, 1.807) is 60.3 Å². The number of pyridine rings is 2. The van der Waals surface area contributed by atoms with Gasteiger partial charge in [-0.15, -0.1) is 0 Å². The number of aromatic nitrogens is 2. The topological polar surface area (TPSA) is 265 Å². The molecule has 502 valence electrons. The highest BCUT2D eigenvalue weighted by atomic mass is 19.1. The van der Waals surface area contributed by atoms with Gasteiger partial charge in [0.05, 0.1) is 36.5 Å². The number of fused-ring (bicyclic) bond motifs is 2. The molecule has 4 heterocycles. The van der Waals surface area contributed by atoms with Gasteiger partial charge in [-0.25, -0.2) is 8.78 Å². The maximum Gasteiger partial charge on any atom is 0.251 e. The molecule has 6 aromatic rings. The van der Waals surface area contributed by atoms with E-state index >= 15 is 0 Å². The molecule has 2 aliphatic rings. The summed E-state index contributed by atoms with van der Waals surface area (Å²) in [5.74, 6) is -1.71. The van der Waals surface area contributed by atoms with Crippen molar-refractivity contribution in [1.82, 2.24) is 41.9 Å². The first-order valence-electron chi connectivity index (χ1n) is 32.2. The number of H-pyrrole nitrogens is 2. The number of hydrogen-bond donors (Lipinski definition) is 8. The highest BCUT2D eigenvalue weighted by Gasteiger charge is 2.44. The first kappa shape index (κ1) is 70.8. The molecule has 0 radical (unpaired) electrons. The summed E-state index contributed by atoms with van der Waals surface area (Å²) < 4.78 is 39.6. The van der Waals surface area contributed by atoms with Crippen LogP contribution >= 0.6 is 0 Å². The van der Waals surface area contributed by atoms with Crippen LogP contribution in [0.2, 0.25) is 0 Å². The summed E-state index contributed by atoms with van der Waals surface area (Å²) in [6.07, 6.45) is 1.62. The van der Waals surface area contributed by atoms with Crippen LogP contribution in [0, 0.1) is 39.3 Å². The van der Waals surface area contributed by atoms with Gasteiger partial charge in [0.1, 0.15) is 48.4 Å². The highest BCUT2D eigenvalue weighted by Crippen LogP contribution is 2.41. The van der Waals surface area contributed by atoms with Crippen molar-refractivity contribution in [3.05, 3.63) is 184 Å². The summed E-state index contributed by atoms with van der Waals surface area (Å²) in [4.78, 5) is 119. The Labute approximate surface area is 548 Å². The minimum Gasteiger partial charge on any atom is -0.492 e. The Kier molecular flexibility index (Phi) is 23.2. The van der Waals surface area contributed by atoms with Crippen LogP contribution in [0.5, 0.6) is 11.5 Å². The maximum absolute atomic E-state index is 14.9. The van der Waals surface area contributed by atoms with Crippen LogP contribution in [0.15, 0.2) is 94.5 Å². The Hall–Kier alpha value is -9.02. The SMILES string of the molecule is CC[C@H](NC)C(=O)N[C@@H](Cc1c(C)cc(OCCNC(=O)CCC(=O)NCCOc2cc(C)c(C[C@H](NC(=O)[C@H](CC)NC)C(=O)N3CC(C)(C)c4[nH]c(=O)c(Cc5ccc(F)cc5)cc43)c(C)c2)cc1C)C(=O)N1CC(C)(C)c2[nH]c(=O)c(Cc3ccc(F)cc3)cc21. The third-order valence-electron chi connectivity index (χ3n) is 17.9. The van der Waals surface area contributed by atoms with E-state index in [0.717, 1.165) is 44.5 Å². The van der Waals surface area contributed by atoms with Gasteiger partial charge in [0.15, 0.2) is 0 Å². The first-order valence-corrected chi connectivity index (χ1v) is 32.2. The van der Waals surface area contributed by atoms with E-state index < -0.39 is 35.0 Å². The zero-order chi connectivity index (χ0) is 68.3. The molecule has 22 heteroatoms. The van der Waals surface area contributed by atoms with Crippen LogP contribution in [-0.2, 0) is 65.3 Å². The number of halogens is 2. The van der Waals surface area contributed by atoms with E-state index in [9.17, 15) is 47.1 Å². The molecule has 0 saturated heterocycles. The van der Waals surface area contributed by atoms with E-state index in [1.807, 2.05) is 93.5 Å². The van der Waals surface area contributed by atoms with Crippen LogP contribution < -0.4 is 62.3 Å². The Bertz CT molecular complexity index is 3600. The average Bonchev–Trinajstić information content (AvgIpc) is 1.60.